The summed E-state index contributed by atoms with van der Waals surface area (Å²) < 4.78 is 46.6. The van der Waals surface area contributed by atoms with Gasteiger partial charge < -0.3 is 15.0 Å². The lowest BCUT2D eigenvalue weighted by Gasteiger charge is -2.29. The number of hydrogen-bond acceptors (Lipinski definition) is 5. The molecule has 42 heavy (non-hydrogen) atoms. The van der Waals surface area contributed by atoms with Crippen molar-refractivity contribution in [3.05, 3.63) is 102 Å². The number of nitrogens with zero attached hydrogens (tertiary/aromatic N) is 1. The van der Waals surface area contributed by atoms with Crippen LogP contribution in [0.2, 0.25) is 0 Å². The zero-order valence-corrected chi connectivity index (χ0v) is 24.4. The summed E-state index contributed by atoms with van der Waals surface area (Å²) in [6.07, 6.45) is 7.61. The van der Waals surface area contributed by atoms with Gasteiger partial charge in [0.05, 0.1) is 4.90 Å². The number of carbonyl (C=O) groups excluding carboxylic acids is 2. The van der Waals surface area contributed by atoms with E-state index in [4.69, 9.17) is 4.74 Å². The molecule has 3 aromatic rings. The van der Waals surface area contributed by atoms with Crippen LogP contribution >= 0.6 is 0 Å². The number of nitrogens with one attached hydrogen (secondary N) is 2. The lowest BCUT2D eigenvalue weighted by Crippen LogP contribution is -2.49. The van der Waals surface area contributed by atoms with E-state index in [-0.39, 0.29) is 35.5 Å². The Hall–Kier alpha value is -4.18. The van der Waals surface area contributed by atoms with Crippen molar-refractivity contribution < 1.29 is 27.1 Å². The standard InChI is InChI=1S/C32H36FN3O5S/c1-24(32(38)34-21-20-25-8-4-2-5-9-25)36(22-26-10-6-3-7-11-26)31(37)23-41-29-16-18-30(19-17-29)42(39,40)35-28-14-12-27(33)13-15-28/h3,6-8,10-19,24,35H,2,4-5,9,20-23H2,1H3,(H,34,38). The van der Waals surface area contributed by atoms with Crippen LogP contribution in [0.15, 0.2) is 95.4 Å². The van der Waals surface area contributed by atoms with Gasteiger partial charge in [0, 0.05) is 18.8 Å². The fourth-order valence-electron chi connectivity index (χ4n) is 4.66. The van der Waals surface area contributed by atoms with E-state index in [1.807, 2.05) is 30.3 Å². The third-order valence-corrected chi connectivity index (χ3v) is 8.48. The number of rotatable bonds is 13. The molecule has 2 N–H and O–H groups in total. The van der Waals surface area contributed by atoms with Crippen LogP contribution in [0.1, 0.15) is 44.6 Å². The van der Waals surface area contributed by atoms with Crippen molar-refractivity contribution >= 4 is 27.5 Å². The molecular formula is C32H36FN3O5S. The molecule has 0 saturated carbocycles. The maximum atomic E-state index is 13.3. The van der Waals surface area contributed by atoms with Crippen LogP contribution in [0.25, 0.3) is 0 Å². The molecule has 0 radical (unpaired) electrons. The molecule has 1 unspecified atom stereocenters. The number of carbonyl (C=O) groups is 2. The van der Waals surface area contributed by atoms with Gasteiger partial charge in [-0.1, -0.05) is 42.0 Å². The highest BCUT2D eigenvalue weighted by atomic mass is 32.2. The van der Waals surface area contributed by atoms with Crippen molar-refractivity contribution in [3.8, 4) is 5.75 Å². The molecule has 4 rings (SSSR count). The highest BCUT2D eigenvalue weighted by molar-refractivity contribution is 7.92. The number of allylic oxidation sites excluding steroid dienone is 1. The Kier molecular flexibility index (Phi) is 10.7. The molecule has 0 saturated heterocycles. The third-order valence-electron chi connectivity index (χ3n) is 7.09. The summed E-state index contributed by atoms with van der Waals surface area (Å²) >= 11 is 0. The van der Waals surface area contributed by atoms with Gasteiger partial charge in [0.25, 0.3) is 15.9 Å². The zero-order chi connectivity index (χ0) is 30.0. The Morgan fingerprint density at radius 2 is 1.69 bits per heavy atom. The Morgan fingerprint density at radius 3 is 2.36 bits per heavy atom. The summed E-state index contributed by atoms with van der Waals surface area (Å²) in [6.45, 7) is 2.11. The number of halogens is 1. The molecule has 1 aliphatic carbocycles. The number of hydrogen-bond donors (Lipinski definition) is 2. The molecule has 0 heterocycles. The molecule has 1 atom stereocenters. The Labute approximate surface area is 246 Å². The fourth-order valence-corrected chi connectivity index (χ4v) is 5.72. The van der Waals surface area contributed by atoms with Crippen molar-refractivity contribution in [3.63, 3.8) is 0 Å². The van der Waals surface area contributed by atoms with Gasteiger partial charge in [-0.25, -0.2) is 12.8 Å². The first-order valence-corrected chi connectivity index (χ1v) is 15.5. The molecule has 0 fully saturated rings. The second-order valence-electron chi connectivity index (χ2n) is 10.2. The van der Waals surface area contributed by atoms with Gasteiger partial charge >= 0.3 is 0 Å². The molecule has 8 nitrogen and oxygen atoms in total. The molecule has 0 aliphatic heterocycles. The van der Waals surface area contributed by atoms with Crippen LogP contribution in [0.3, 0.4) is 0 Å². The van der Waals surface area contributed by atoms with Gasteiger partial charge in [-0.15, -0.1) is 0 Å². The summed E-state index contributed by atoms with van der Waals surface area (Å²) in [7, 11) is -3.91. The predicted octanol–water partition coefficient (Wildman–Crippen LogP) is 5.43. The van der Waals surface area contributed by atoms with E-state index in [0.717, 1.165) is 37.0 Å². The van der Waals surface area contributed by atoms with Gasteiger partial charge in [0.15, 0.2) is 6.61 Å². The van der Waals surface area contributed by atoms with Gasteiger partial charge in [-0.05, 0) is 93.1 Å². The predicted molar refractivity (Wildman–Crippen MR) is 160 cm³/mol. The van der Waals surface area contributed by atoms with Crippen molar-refractivity contribution in [1.29, 1.82) is 0 Å². The van der Waals surface area contributed by atoms with Crippen LogP contribution in [0, 0.1) is 5.82 Å². The van der Waals surface area contributed by atoms with E-state index in [9.17, 15) is 22.4 Å². The van der Waals surface area contributed by atoms with Crippen molar-refractivity contribution in [2.45, 2.75) is 56.5 Å². The first kappa shape index (κ1) is 30.8. The summed E-state index contributed by atoms with van der Waals surface area (Å²) in [5.41, 5.74) is 2.47. The van der Waals surface area contributed by atoms with Crippen LogP contribution in [0.5, 0.6) is 5.75 Å². The second kappa shape index (κ2) is 14.6. The first-order chi connectivity index (χ1) is 20.2. The quantitative estimate of drug-likeness (QED) is 0.257. The molecule has 0 bridgehead atoms. The monoisotopic (exact) mass is 593 g/mol. The molecule has 222 valence electrons. The van der Waals surface area contributed by atoms with Gasteiger partial charge in [-0.3, -0.25) is 14.3 Å². The number of anilines is 1. The summed E-state index contributed by atoms with van der Waals surface area (Å²) in [5, 5.41) is 2.97. The lowest BCUT2D eigenvalue weighted by molar-refractivity contribution is -0.142. The molecule has 0 spiro atoms. The Balaban J connectivity index is 1.36. The van der Waals surface area contributed by atoms with Crippen molar-refractivity contribution in [2.24, 2.45) is 0 Å². The smallest absolute Gasteiger partial charge is 0.261 e. The fraction of sp³-hybridized carbons (Fsp3) is 0.312. The van der Waals surface area contributed by atoms with Crippen LogP contribution in [-0.2, 0) is 26.2 Å². The van der Waals surface area contributed by atoms with Crippen LogP contribution in [0.4, 0.5) is 10.1 Å². The molecular weight excluding hydrogens is 557 g/mol. The summed E-state index contributed by atoms with van der Waals surface area (Å²) in [4.78, 5) is 27.8. The zero-order valence-electron chi connectivity index (χ0n) is 23.6. The maximum Gasteiger partial charge on any atom is 0.261 e. The first-order valence-electron chi connectivity index (χ1n) is 14.0. The highest BCUT2D eigenvalue weighted by Crippen LogP contribution is 2.21. The van der Waals surface area contributed by atoms with E-state index >= 15 is 0 Å². The minimum Gasteiger partial charge on any atom is -0.484 e. The topological polar surface area (TPSA) is 105 Å². The number of ether oxygens (including phenoxy) is 1. The SMILES string of the molecule is CC(C(=O)NCCC1=CCCCC1)N(Cc1ccccc1)C(=O)COc1ccc(S(=O)(=O)Nc2ccc(F)cc2)cc1. The van der Waals surface area contributed by atoms with Gasteiger partial charge in [0.1, 0.15) is 17.6 Å². The molecule has 3 aromatic carbocycles. The molecule has 0 aromatic heterocycles. The summed E-state index contributed by atoms with van der Waals surface area (Å²) in [6, 6.07) is 19.3. The van der Waals surface area contributed by atoms with Crippen LogP contribution < -0.4 is 14.8 Å². The maximum absolute atomic E-state index is 13.3. The third kappa shape index (κ3) is 8.91. The van der Waals surface area contributed by atoms with Gasteiger partial charge in [-0.2, -0.15) is 0 Å². The Morgan fingerprint density at radius 1 is 0.976 bits per heavy atom. The average molecular weight is 594 g/mol. The second-order valence-corrected chi connectivity index (χ2v) is 11.9. The largest absolute Gasteiger partial charge is 0.484 e. The van der Waals surface area contributed by atoms with Crippen molar-refractivity contribution in [2.75, 3.05) is 17.9 Å². The van der Waals surface area contributed by atoms with Crippen molar-refractivity contribution in [1.82, 2.24) is 10.2 Å². The van der Waals surface area contributed by atoms with E-state index < -0.39 is 21.9 Å². The number of sulfonamides is 1. The average Bonchev–Trinajstić information content (AvgIpc) is 3.00. The summed E-state index contributed by atoms with van der Waals surface area (Å²) in [5.74, 6) is -0.800. The highest BCUT2D eigenvalue weighted by Gasteiger charge is 2.26. The minimum atomic E-state index is -3.91. The number of benzene rings is 3. The molecule has 1 aliphatic rings. The van der Waals surface area contributed by atoms with E-state index in [0.29, 0.717) is 12.3 Å². The molecule has 2 amide bonds. The number of amides is 2. The lowest BCUT2D eigenvalue weighted by atomic mass is 9.97. The normalized spacial score (nSPS) is 13.9. The molecule has 10 heteroatoms. The Bertz CT molecular complexity index is 1480. The van der Waals surface area contributed by atoms with E-state index in [2.05, 4.69) is 16.1 Å². The van der Waals surface area contributed by atoms with E-state index in [1.54, 1.807) is 6.92 Å². The van der Waals surface area contributed by atoms with E-state index in [1.165, 1.54) is 59.7 Å². The van der Waals surface area contributed by atoms with Crippen LogP contribution in [-0.4, -0.2) is 44.3 Å². The minimum absolute atomic E-state index is 0.0227. The van der Waals surface area contributed by atoms with Gasteiger partial charge in [0.2, 0.25) is 5.91 Å².